The molecule has 0 unspecified atom stereocenters. The Labute approximate surface area is 176 Å². The van der Waals surface area contributed by atoms with Gasteiger partial charge in [-0.1, -0.05) is 19.8 Å². The lowest BCUT2D eigenvalue weighted by atomic mass is 10.1. The second-order valence-corrected chi connectivity index (χ2v) is 7.80. The summed E-state index contributed by atoms with van der Waals surface area (Å²) in [5.41, 5.74) is 1.03. The van der Waals surface area contributed by atoms with Crippen LogP contribution >= 0.6 is 12.2 Å². The van der Waals surface area contributed by atoms with Crippen LogP contribution in [0.3, 0.4) is 0 Å². The number of unbranched alkanes of at least 4 members (excludes halogenated alkanes) is 2. The van der Waals surface area contributed by atoms with Gasteiger partial charge in [0.1, 0.15) is 0 Å². The first kappa shape index (κ1) is 21.7. The molecule has 0 saturated carbocycles. The monoisotopic (exact) mass is 418 g/mol. The minimum absolute atomic E-state index is 0.0997. The summed E-state index contributed by atoms with van der Waals surface area (Å²) in [6, 6.07) is 5.12. The molecule has 1 aliphatic heterocycles. The fraction of sp³-hybridized carbons (Fsp3) is 0.571. The zero-order chi connectivity index (χ0) is 20.6. The first-order chi connectivity index (χ1) is 14.1. The quantitative estimate of drug-likeness (QED) is 0.484. The van der Waals surface area contributed by atoms with Crippen molar-refractivity contribution in [2.75, 3.05) is 39.4 Å². The maximum absolute atomic E-state index is 12.7. The van der Waals surface area contributed by atoms with E-state index in [4.69, 9.17) is 17.0 Å². The Morgan fingerprint density at radius 3 is 2.76 bits per heavy atom. The van der Waals surface area contributed by atoms with Gasteiger partial charge in [0.05, 0.1) is 24.1 Å². The van der Waals surface area contributed by atoms with Gasteiger partial charge in [-0.2, -0.15) is 0 Å². The number of morpholine rings is 1. The summed E-state index contributed by atoms with van der Waals surface area (Å²) in [6.07, 6.45) is 3.96. The molecule has 0 atom stereocenters. The molecule has 29 heavy (non-hydrogen) atoms. The molecule has 3 rings (SSSR count). The molecule has 1 aliphatic rings. The van der Waals surface area contributed by atoms with Crippen LogP contribution in [0.1, 0.15) is 43.0 Å². The zero-order valence-electron chi connectivity index (χ0n) is 17.0. The molecular weight excluding hydrogens is 388 g/mol. The van der Waals surface area contributed by atoms with E-state index in [-0.39, 0.29) is 11.5 Å². The lowest BCUT2D eigenvalue weighted by molar-refractivity contribution is 0.0374. The van der Waals surface area contributed by atoms with Crippen molar-refractivity contribution in [1.29, 1.82) is 0 Å². The van der Waals surface area contributed by atoms with Gasteiger partial charge in [0.2, 0.25) is 0 Å². The number of fused-ring (bicyclic) bond motifs is 1. The van der Waals surface area contributed by atoms with E-state index in [0.29, 0.717) is 34.3 Å². The van der Waals surface area contributed by atoms with Gasteiger partial charge in [0, 0.05) is 31.7 Å². The molecular formula is C21H30N4O3S. The normalized spacial score (nSPS) is 14.9. The summed E-state index contributed by atoms with van der Waals surface area (Å²) >= 11 is 5.37. The Kier molecular flexibility index (Phi) is 7.97. The predicted octanol–water partition coefficient (Wildman–Crippen LogP) is 2.70. The lowest BCUT2D eigenvalue weighted by Gasteiger charge is -2.26. The van der Waals surface area contributed by atoms with Crippen LogP contribution in [0, 0.1) is 4.77 Å². The second-order valence-electron chi connectivity index (χ2n) is 7.42. The number of aromatic amines is 1. The SMILES string of the molecule is CCCCCn1c(=S)[nH]c2cc(C(=O)NCCCN3CCOCC3)ccc2c1=O. The Hall–Kier alpha value is -2.03. The third-order valence-corrected chi connectivity index (χ3v) is 5.59. The van der Waals surface area contributed by atoms with Crippen molar-refractivity contribution >= 4 is 29.0 Å². The standard InChI is InChI=1S/C21H30N4O3S/c1-2-3-4-10-25-20(27)17-7-6-16(15-18(17)23-21(25)29)19(26)22-8-5-9-24-11-13-28-14-12-24/h6-7,15H,2-5,8-14H2,1H3,(H,22,26)(H,23,29). The van der Waals surface area contributed by atoms with Crippen molar-refractivity contribution < 1.29 is 9.53 Å². The van der Waals surface area contributed by atoms with Crippen LogP contribution in [-0.2, 0) is 11.3 Å². The van der Waals surface area contributed by atoms with Crippen molar-refractivity contribution in [3.63, 3.8) is 0 Å². The molecule has 2 N–H and O–H groups in total. The number of rotatable bonds is 9. The van der Waals surface area contributed by atoms with Crippen molar-refractivity contribution in [1.82, 2.24) is 19.8 Å². The zero-order valence-corrected chi connectivity index (χ0v) is 17.9. The van der Waals surface area contributed by atoms with Crippen LogP contribution < -0.4 is 10.9 Å². The maximum atomic E-state index is 12.7. The average molecular weight is 419 g/mol. The van der Waals surface area contributed by atoms with Crippen molar-refractivity contribution in [2.24, 2.45) is 0 Å². The number of ether oxygens (including phenoxy) is 1. The van der Waals surface area contributed by atoms with Crippen LogP contribution in [-0.4, -0.2) is 59.8 Å². The summed E-state index contributed by atoms with van der Waals surface area (Å²) in [5, 5.41) is 3.51. The largest absolute Gasteiger partial charge is 0.379 e. The van der Waals surface area contributed by atoms with Gasteiger partial charge in [0.25, 0.3) is 11.5 Å². The van der Waals surface area contributed by atoms with E-state index in [1.54, 1.807) is 22.8 Å². The molecule has 0 spiro atoms. The summed E-state index contributed by atoms with van der Waals surface area (Å²) in [6.45, 7) is 7.77. The number of amides is 1. The van der Waals surface area contributed by atoms with Gasteiger partial charge in [0.15, 0.2) is 4.77 Å². The Bertz CT molecular complexity index is 947. The van der Waals surface area contributed by atoms with Crippen molar-refractivity contribution in [3.05, 3.63) is 38.9 Å². The third kappa shape index (κ3) is 5.74. The Balaban J connectivity index is 1.62. The summed E-state index contributed by atoms with van der Waals surface area (Å²) in [4.78, 5) is 30.7. The second kappa shape index (κ2) is 10.7. The van der Waals surface area contributed by atoms with E-state index >= 15 is 0 Å². The molecule has 2 aromatic rings. The molecule has 1 aromatic carbocycles. The number of benzene rings is 1. The van der Waals surface area contributed by atoms with Crippen LogP contribution in [0.4, 0.5) is 0 Å². The molecule has 8 heteroatoms. The van der Waals surface area contributed by atoms with Gasteiger partial charge >= 0.3 is 0 Å². The first-order valence-corrected chi connectivity index (χ1v) is 10.9. The molecule has 158 valence electrons. The number of nitrogens with one attached hydrogen (secondary N) is 2. The van der Waals surface area contributed by atoms with E-state index in [1.165, 1.54) is 0 Å². The summed E-state index contributed by atoms with van der Waals surface area (Å²) in [7, 11) is 0. The molecule has 2 heterocycles. The van der Waals surface area contributed by atoms with E-state index in [2.05, 4.69) is 22.1 Å². The third-order valence-electron chi connectivity index (χ3n) is 5.27. The minimum atomic E-state index is -0.139. The number of H-pyrrole nitrogens is 1. The molecule has 1 fully saturated rings. The number of carbonyl (C=O) groups is 1. The Morgan fingerprint density at radius 1 is 1.21 bits per heavy atom. The molecule has 1 amide bonds. The molecule has 0 radical (unpaired) electrons. The molecule has 0 aliphatic carbocycles. The Morgan fingerprint density at radius 2 is 2.00 bits per heavy atom. The summed E-state index contributed by atoms with van der Waals surface area (Å²) in [5.74, 6) is -0.139. The van der Waals surface area contributed by atoms with Gasteiger partial charge in [-0.3, -0.25) is 19.1 Å². The smallest absolute Gasteiger partial charge is 0.262 e. The number of nitrogens with zero attached hydrogens (tertiary/aromatic N) is 2. The maximum Gasteiger partial charge on any atom is 0.262 e. The highest BCUT2D eigenvalue weighted by Crippen LogP contribution is 2.11. The fourth-order valence-corrected chi connectivity index (χ4v) is 3.83. The van der Waals surface area contributed by atoms with Crippen molar-refractivity contribution in [2.45, 2.75) is 39.2 Å². The number of aromatic nitrogens is 2. The number of hydrogen-bond donors (Lipinski definition) is 2. The topological polar surface area (TPSA) is 79.4 Å². The first-order valence-electron chi connectivity index (χ1n) is 10.5. The summed E-state index contributed by atoms with van der Waals surface area (Å²) < 4.78 is 7.35. The lowest BCUT2D eigenvalue weighted by Crippen LogP contribution is -2.38. The molecule has 7 nitrogen and oxygen atoms in total. The van der Waals surface area contributed by atoms with E-state index in [0.717, 1.165) is 58.5 Å². The van der Waals surface area contributed by atoms with Gasteiger partial charge in [-0.05, 0) is 49.8 Å². The highest BCUT2D eigenvalue weighted by Gasteiger charge is 2.12. The number of carbonyl (C=O) groups excluding carboxylic acids is 1. The highest BCUT2D eigenvalue weighted by atomic mass is 32.1. The van der Waals surface area contributed by atoms with Crippen LogP contribution in [0.2, 0.25) is 0 Å². The average Bonchev–Trinajstić information content (AvgIpc) is 2.74. The number of hydrogen-bond acceptors (Lipinski definition) is 5. The molecule has 0 bridgehead atoms. The van der Waals surface area contributed by atoms with Crippen LogP contribution in [0.15, 0.2) is 23.0 Å². The van der Waals surface area contributed by atoms with Gasteiger partial charge in [-0.25, -0.2) is 0 Å². The molecule has 1 saturated heterocycles. The van der Waals surface area contributed by atoms with Crippen LogP contribution in [0.5, 0.6) is 0 Å². The van der Waals surface area contributed by atoms with E-state index < -0.39 is 0 Å². The fourth-order valence-electron chi connectivity index (χ4n) is 3.55. The van der Waals surface area contributed by atoms with E-state index in [9.17, 15) is 9.59 Å². The highest BCUT2D eigenvalue weighted by molar-refractivity contribution is 7.71. The molecule has 1 aromatic heterocycles. The van der Waals surface area contributed by atoms with Gasteiger partial charge < -0.3 is 15.0 Å². The van der Waals surface area contributed by atoms with Crippen LogP contribution in [0.25, 0.3) is 10.9 Å². The predicted molar refractivity (Wildman–Crippen MR) is 117 cm³/mol. The van der Waals surface area contributed by atoms with E-state index in [1.807, 2.05) is 0 Å². The van der Waals surface area contributed by atoms with Crippen molar-refractivity contribution in [3.8, 4) is 0 Å². The van der Waals surface area contributed by atoms with Gasteiger partial charge in [-0.15, -0.1) is 0 Å². The minimum Gasteiger partial charge on any atom is -0.379 e.